The van der Waals surface area contributed by atoms with Crippen molar-refractivity contribution in [2.24, 2.45) is 0 Å². The van der Waals surface area contributed by atoms with E-state index in [2.05, 4.69) is 36.7 Å². The summed E-state index contributed by atoms with van der Waals surface area (Å²) in [6, 6.07) is 8.35. The summed E-state index contributed by atoms with van der Waals surface area (Å²) < 4.78 is 0. The van der Waals surface area contributed by atoms with Gasteiger partial charge in [-0.2, -0.15) is 9.78 Å². The molecule has 3 fully saturated rings. The fourth-order valence-electron chi connectivity index (χ4n) is 7.40. The molecule has 1 atom stereocenters. The van der Waals surface area contributed by atoms with Gasteiger partial charge in [0.15, 0.2) is 5.82 Å². The zero-order chi connectivity index (χ0) is 34.5. The number of para-hydroxylation sites is 1. The molecule has 4 heterocycles. The molecule has 272 valence electrons. The van der Waals surface area contributed by atoms with Crippen LogP contribution >= 0.6 is 0 Å². The van der Waals surface area contributed by atoms with Crippen LogP contribution < -0.4 is 21.3 Å². The predicted molar refractivity (Wildman–Crippen MR) is 192 cm³/mol. The normalized spacial score (nSPS) is 19.3. The number of carboxylic acid groups (broad SMARTS) is 1. The number of carboxylic acids is 1. The van der Waals surface area contributed by atoms with Gasteiger partial charge >= 0.3 is 5.97 Å². The summed E-state index contributed by atoms with van der Waals surface area (Å²) in [6.07, 6.45) is 12.3. The van der Waals surface area contributed by atoms with Crippen LogP contribution in [0.3, 0.4) is 0 Å². The first kappa shape index (κ1) is 35.9. The van der Waals surface area contributed by atoms with Crippen LogP contribution in [-0.2, 0) is 22.7 Å². The van der Waals surface area contributed by atoms with E-state index in [9.17, 15) is 14.7 Å². The Bertz CT molecular complexity index is 1520. The van der Waals surface area contributed by atoms with E-state index in [0.29, 0.717) is 57.3 Å². The van der Waals surface area contributed by atoms with Gasteiger partial charge in [0.1, 0.15) is 11.9 Å². The Balaban J connectivity index is 0.916. The lowest BCUT2D eigenvalue weighted by molar-refractivity contribution is -0.143. The quantitative estimate of drug-likeness (QED) is 0.123. The molecule has 2 saturated heterocycles. The highest BCUT2D eigenvalue weighted by Crippen LogP contribution is 2.25. The summed E-state index contributed by atoms with van der Waals surface area (Å²) in [5.74, 6) is 1.12. The second-order valence-corrected chi connectivity index (χ2v) is 13.9. The number of aliphatic carboxylic acids is 1. The van der Waals surface area contributed by atoms with Crippen LogP contribution in [0.5, 0.6) is 0 Å². The lowest BCUT2D eigenvalue weighted by Gasteiger charge is -2.33. The molecule has 1 amide bonds. The van der Waals surface area contributed by atoms with Crippen LogP contribution in [0, 0.1) is 0 Å². The third-order valence-electron chi connectivity index (χ3n) is 10.2. The van der Waals surface area contributed by atoms with E-state index in [1.54, 1.807) is 4.80 Å². The van der Waals surface area contributed by atoms with Crippen molar-refractivity contribution < 1.29 is 14.7 Å². The highest BCUT2D eigenvalue weighted by molar-refractivity contribution is 5.90. The molecule has 0 radical (unpaired) electrons. The van der Waals surface area contributed by atoms with Crippen molar-refractivity contribution in [1.82, 2.24) is 50.6 Å². The Morgan fingerprint density at radius 2 is 1.68 bits per heavy atom. The number of nitrogens with one attached hydrogen (secondary N) is 4. The fourth-order valence-corrected chi connectivity index (χ4v) is 7.40. The minimum atomic E-state index is -0.792. The highest BCUT2D eigenvalue weighted by atomic mass is 16.4. The van der Waals surface area contributed by atoms with Crippen LogP contribution in [-0.4, -0.2) is 121 Å². The lowest BCUT2D eigenvalue weighted by atomic mass is 9.95. The summed E-state index contributed by atoms with van der Waals surface area (Å²) >= 11 is 0. The third kappa shape index (κ3) is 10.3. The Morgan fingerprint density at radius 3 is 2.52 bits per heavy atom. The smallest absolute Gasteiger partial charge is 0.320 e. The number of anilines is 2. The molecule has 0 unspecified atom stereocenters. The molecule has 2 aliphatic heterocycles. The Labute approximate surface area is 294 Å². The molecule has 3 aliphatic rings. The van der Waals surface area contributed by atoms with Crippen molar-refractivity contribution in [2.75, 3.05) is 56.4 Å². The predicted octanol–water partition coefficient (Wildman–Crippen LogP) is 2.86. The van der Waals surface area contributed by atoms with E-state index in [1.165, 1.54) is 32.1 Å². The van der Waals surface area contributed by atoms with Gasteiger partial charge in [-0.25, -0.2) is 4.98 Å². The maximum Gasteiger partial charge on any atom is 0.320 e. The first-order valence-electron chi connectivity index (χ1n) is 18.7. The fraction of sp³-hybridized carbons (Fsp3) is 0.686. The van der Waals surface area contributed by atoms with Gasteiger partial charge in [0.2, 0.25) is 11.9 Å². The van der Waals surface area contributed by atoms with Gasteiger partial charge in [-0.05, 0) is 94.9 Å². The number of likely N-dealkylation sites (tertiary alicyclic amines) is 2. The molecule has 15 nitrogen and oxygen atoms in total. The Morgan fingerprint density at radius 1 is 0.860 bits per heavy atom. The van der Waals surface area contributed by atoms with Gasteiger partial charge in [-0.1, -0.05) is 31.4 Å². The second-order valence-electron chi connectivity index (χ2n) is 13.9. The molecule has 5 N–H and O–H groups in total. The summed E-state index contributed by atoms with van der Waals surface area (Å²) in [4.78, 5) is 39.4. The van der Waals surface area contributed by atoms with E-state index in [1.807, 2.05) is 34.1 Å². The van der Waals surface area contributed by atoms with Crippen LogP contribution in [0.2, 0.25) is 0 Å². The molecule has 6 rings (SSSR count). The number of aromatic nitrogens is 6. The van der Waals surface area contributed by atoms with Crippen molar-refractivity contribution in [2.45, 2.75) is 108 Å². The minimum Gasteiger partial charge on any atom is -0.480 e. The lowest BCUT2D eigenvalue weighted by Crippen LogP contribution is -2.44. The summed E-state index contributed by atoms with van der Waals surface area (Å²) in [5.41, 5.74) is 0.829. The number of fused-ring (bicyclic) bond motifs is 1. The average molecular weight is 691 g/mol. The molecule has 1 aromatic carbocycles. The highest BCUT2D eigenvalue weighted by Gasteiger charge is 2.31. The van der Waals surface area contributed by atoms with E-state index in [0.717, 1.165) is 81.0 Å². The molecule has 2 aromatic heterocycles. The number of amides is 1. The van der Waals surface area contributed by atoms with Crippen LogP contribution in [0.25, 0.3) is 10.9 Å². The molecule has 15 heteroatoms. The van der Waals surface area contributed by atoms with Gasteiger partial charge < -0.3 is 31.3 Å². The molecule has 1 aliphatic carbocycles. The molecule has 50 heavy (non-hydrogen) atoms. The molecule has 0 bridgehead atoms. The van der Waals surface area contributed by atoms with Gasteiger partial charge in [0.25, 0.3) is 0 Å². The van der Waals surface area contributed by atoms with E-state index < -0.39 is 12.0 Å². The minimum absolute atomic E-state index is 0.0914. The van der Waals surface area contributed by atoms with Crippen molar-refractivity contribution >= 4 is 34.5 Å². The largest absolute Gasteiger partial charge is 0.480 e. The number of aryl methyl sites for hydroxylation is 1. The van der Waals surface area contributed by atoms with E-state index >= 15 is 0 Å². The summed E-state index contributed by atoms with van der Waals surface area (Å²) in [6.45, 7) is 6.62. The van der Waals surface area contributed by atoms with Crippen molar-refractivity contribution in [1.29, 1.82) is 0 Å². The monoisotopic (exact) mass is 690 g/mol. The summed E-state index contributed by atoms with van der Waals surface area (Å²) in [7, 11) is 0. The number of carbonyl (C=O) groups excluding carboxylic acids is 1. The number of piperidine rings is 1. The first-order chi connectivity index (χ1) is 24.5. The third-order valence-corrected chi connectivity index (χ3v) is 10.2. The summed E-state index contributed by atoms with van der Waals surface area (Å²) in [5, 5.41) is 37.5. The second kappa shape index (κ2) is 18.3. The molecule has 1 saturated carbocycles. The number of benzene rings is 1. The Hall–Kier alpha value is -3.95. The number of tetrazole rings is 1. The molecular weight excluding hydrogens is 636 g/mol. The average Bonchev–Trinajstić information content (AvgIpc) is 3.81. The Kier molecular flexibility index (Phi) is 13.1. The van der Waals surface area contributed by atoms with Crippen molar-refractivity contribution in [3.8, 4) is 0 Å². The zero-order valence-corrected chi connectivity index (χ0v) is 29.2. The topological polar surface area (TPSA) is 178 Å². The van der Waals surface area contributed by atoms with E-state index in [4.69, 9.17) is 9.97 Å². The van der Waals surface area contributed by atoms with Crippen LogP contribution in [0.4, 0.5) is 11.8 Å². The van der Waals surface area contributed by atoms with Gasteiger partial charge in [-0.15, -0.1) is 10.2 Å². The van der Waals surface area contributed by atoms with Gasteiger partial charge in [0, 0.05) is 43.5 Å². The maximum absolute atomic E-state index is 12.9. The molecule has 3 aromatic rings. The number of hydrogen-bond donors (Lipinski definition) is 5. The van der Waals surface area contributed by atoms with Crippen molar-refractivity contribution in [3.63, 3.8) is 0 Å². The van der Waals surface area contributed by atoms with E-state index in [-0.39, 0.29) is 11.9 Å². The molecular formula is C35H54N12O3. The van der Waals surface area contributed by atoms with Crippen molar-refractivity contribution in [3.05, 3.63) is 30.1 Å². The number of carbonyl (C=O) groups is 2. The number of hydrogen-bond acceptors (Lipinski definition) is 12. The van der Waals surface area contributed by atoms with Gasteiger partial charge in [-0.3, -0.25) is 14.5 Å². The number of rotatable bonds is 18. The first-order valence-corrected chi connectivity index (χ1v) is 18.7. The molecule has 0 spiro atoms. The SMILES string of the molecule is O=C(O)[C@H]1CCCN1CCC(=O)N1CCC(Nc2nc(NCc3nnn(CCCNCCCNC4CCCCC4)n3)nc3ccccc23)CC1. The maximum atomic E-state index is 12.9. The standard InChI is InChI=1S/C35H54N12O3/c48-32(16-24-45-20-6-13-30(45)34(49)50)46-22-14-27(15-23-46)39-33-28-11-4-5-12-29(28)40-35(41-33)38-25-31-42-44-47(43-31)21-8-18-36-17-7-19-37-26-9-2-1-3-10-26/h4-5,11-12,26-27,30,36-37H,1-3,6-10,13-25H2,(H,49,50)(H2,38,39,40,41)/t30-/m1/s1. The number of nitrogens with zero attached hydrogens (tertiary/aromatic N) is 8. The van der Waals surface area contributed by atoms with Crippen LogP contribution in [0.1, 0.15) is 82.9 Å². The zero-order valence-electron chi connectivity index (χ0n) is 29.2. The van der Waals surface area contributed by atoms with Crippen LogP contribution in [0.15, 0.2) is 24.3 Å². The van der Waals surface area contributed by atoms with Gasteiger partial charge in [0.05, 0.1) is 18.6 Å².